The smallest absolute Gasteiger partial charge is 0.0761 e. The molecule has 0 aromatic carbocycles. The highest BCUT2D eigenvalue weighted by Crippen LogP contribution is 2.31. The van der Waals surface area contributed by atoms with Gasteiger partial charge in [0.1, 0.15) is 0 Å². The fraction of sp³-hybridized carbons (Fsp3) is 1.00. The minimum atomic E-state index is -0.479. The maximum atomic E-state index is 9.86. The minimum absolute atomic E-state index is 0.180. The van der Waals surface area contributed by atoms with Crippen LogP contribution in [-0.2, 0) is 0 Å². The van der Waals surface area contributed by atoms with Crippen molar-refractivity contribution >= 4 is 0 Å². The van der Waals surface area contributed by atoms with Gasteiger partial charge >= 0.3 is 0 Å². The number of likely N-dealkylation sites (tertiary alicyclic amines) is 1. The van der Waals surface area contributed by atoms with Crippen LogP contribution in [0.1, 0.15) is 41.0 Å². The zero-order chi connectivity index (χ0) is 9.57. The molecule has 1 aliphatic rings. The molecule has 0 amide bonds. The summed E-state index contributed by atoms with van der Waals surface area (Å²) in [6, 6.07) is 0.500. The average molecular weight is 171 g/mol. The van der Waals surface area contributed by atoms with E-state index in [9.17, 15) is 5.11 Å². The van der Waals surface area contributed by atoms with Gasteiger partial charge in [0.25, 0.3) is 0 Å². The molecular formula is C10H21NO. The maximum Gasteiger partial charge on any atom is 0.0761 e. The second kappa shape index (κ2) is 2.71. The Morgan fingerprint density at radius 1 is 1.42 bits per heavy atom. The zero-order valence-electron chi connectivity index (χ0n) is 8.89. The summed E-state index contributed by atoms with van der Waals surface area (Å²) in [5, 5.41) is 9.86. The van der Waals surface area contributed by atoms with Crippen molar-refractivity contribution in [2.75, 3.05) is 6.54 Å². The van der Waals surface area contributed by atoms with Crippen LogP contribution in [0.4, 0.5) is 0 Å². The van der Waals surface area contributed by atoms with Gasteiger partial charge in [-0.15, -0.1) is 0 Å². The van der Waals surface area contributed by atoms with E-state index in [0.717, 1.165) is 13.0 Å². The molecule has 1 N–H and O–H groups in total. The van der Waals surface area contributed by atoms with Crippen molar-refractivity contribution in [3.8, 4) is 0 Å². The lowest BCUT2D eigenvalue weighted by Crippen LogP contribution is -2.44. The Hall–Kier alpha value is -0.0800. The quantitative estimate of drug-likeness (QED) is 0.599. The van der Waals surface area contributed by atoms with Gasteiger partial charge in [0.2, 0.25) is 0 Å². The molecule has 1 saturated heterocycles. The molecule has 0 radical (unpaired) electrons. The zero-order valence-corrected chi connectivity index (χ0v) is 8.89. The fourth-order valence-corrected chi connectivity index (χ4v) is 2.23. The number of rotatable bonds is 0. The number of aliphatic hydroxyl groups is 1. The van der Waals surface area contributed by atoms with Gasteiger partial charge in [0.15, 0.2) is 0 Å². The van der Waals surface area contributed by atoms with E-state index in [2.05, 4.69) is 32.6 Å². The summed E-state index contributed by atoms with van der Waals surface area (Å²) in [5.74, 6) is 0. The molecule has 0 aliphatic carbocycles. The van der Waals surface area contributed by atoms with E-state index < -0.39 is 5.60 Å². The molecule has 0 saturated carbocycles. The number of nitrogens with zero attached hydrogens (tertiary/aromatic N) is 1. The Morgan fingerprint density at radius 3 is 2.08 bits per heavy atom. The third-order valence-electron chi connectivity index (χ3n) is 2.64. The summed E-state index contributed by atoms with van der Waals surface area (Å²) in [5.41, 5.74) is -0.299. The second-order valence-corrected chi connectivity index (χ2v) is 5.35. The Bertz CT molecular complexity index is 169. The van der Waals surface area contributed by atoms with Crippen molar-refractivity contribution < 1.29 is 5.11 Å². The molecule has 1 heterocycles. The molecule has 12 heavy (non-hydrogen) atoms. The Balaban J connectivity index is 2.71. The van der Waals surface area contributed by atoms with Gasteiger partial charge in [0, 0.05) is 18.1 Å². The summed E-state index contributed by atoms with van der Waals surface area (Å²) in [7, 11) is 0. The molecule has 2 atom stereocenters. The summed E-state index contributed by atoms with van der Waals surface area (Å²) in [6.07, 6.45) is 0.893. The predicted molar refractivity (Wildman–Crippen MR) is 51.2 cm³/mol. The molecule has 1 rings (SSSR count). The highest BCUT2D eigenvalue weighted by molar-refractivity contribution is 4.96. The number of β-amino-alcohol motifs (C(OH)–C–C–N with tert-alkyl or cyclic N) is 1. The van der Waals surface area contributed by atoms with Crippen LogP contribution in [0.3, 0.4) is 0 Å². The summed E-state index contributed by atoms with van der Waals surface area (Å²) >= 11 is 0. The van der Waals surface area contributed by atoms with E-state index in [1.165, 1.54) is 0 Å². The normalized spacial score (nSPS) is 39.0. The van der Waals surface area contributed by atoms with Crippen molar-refractivity contribution in [3.63, 3.8) is 0 Å². The number of hydrogen-bond acceptors (Lipinski definition) is 2. The van der Waals surface area contributed by atoms with Crippen molar-refractivity contribution in [1.82, 2.24) is 4.90 Å². The monoisotopic (exact) mass is 171 g/mol. The van der Waals surface area contributed by atoms with E-state index in [1.54, 1.807) is 0 Å². The molecule has 0 aromatic heterocycles. The van der Waals surface area contributed by atoms with Gasteiger partial charge in [-0.25, -0.2) is 0 Å². The molecule has 1 unspecified atom stereocenters. The van der Waals surface area contributed by atoms with Crippen LogP contribution in [0.15, 0.2) is 0 Å². The Kier molecular flexibility index (Phi) is 2.26. The number of hydrogen-bond donors (Lipinski definition) is 1. The van der Waals surface area contributed by atoms with Gasteiger partial charge in [-0.1, -0.05) is 0 Å². The predicted octanol–water partition coefficient (Wildman–Crippen LogP) is 1.63. The van der Waals surface area contributed by atoms with Gasteiger partial charge < -0.3 is 5.11 Å². The largest absolute Gasteiger partial charge is 0.389 e. The Morgan fingerprint density at radius 2 is 1.92 bits per heavy atom. The fourth-order valence-electron chi connectivity index (χ4n) is 2.23. The standard InChI is InChI=1S/C10H21NO/c1-8-6-10(5,12)7-11(8)9(2,3)4/h8,12H,6-7H2,1-5H3/t8-,10?/m0/s1. The van der Waals surface area contributed by atoms with E-state index in [0.29, 0.717) is 6.04 Å². The summed E-state index contributed by atoms with van der Waals surface area (Å²) < 4.78 is 0. The molecule has 2 nitrogen and oxygen atoms in total. The van der Waals surface area contributed by atoms with Crippen LogP contribution in [0.5, 0.6) is 0 Å². The molecule has 72 valence electrons. The minimum Gasteiger partial charge on any atom is -0.389 e. The van der Waals surface area contributed by atoms with Crippen LogP contribution in [0, 0.1) is 0 Å². The van der Waals surface area contributed by atoms with Crippen LogP contribution >= 0.6 is 0 Å². The van der Waals surface area contributed by atoms with Crippen LogP contribution in [-0.4, -0.2) is 33.7 Å². The molecule has 0 aromatic rings. The first kappa shape index (κ1) is 10.0. The van der Waals surface area contributed by atoms with Gasteiger partial charge in [0.05, 0.1) is 5.60 Å². The van der Waals surface area contributed by atoms with Gasteiger partial charge in [-0.3, -0.25) is 4.90 Å². The van der Waals surface area contributed by atoms with Crippen LogP contribution in [0.2, 0.25) is 0 Å². The summed E-state index contributed by atoms with van der Waals surface area (Å²) in [6.45, 7) is 11.5. The van der Waals surface area contributed by atoms with Crippen LogP contribution in [0.25, 0.3) is 0 Å². The first-order chi connectivity index (χ1) is 5.22. The molecule has 1 fully saturated rings. The molecule has 0 spiro atoms. The van der Waals surface area contributed by atoms with Gasteiger partial charge in [-0.2, -0.15) is 0 Å². The third kappa shape index (κ3) is 1.99. The van der Waals surface area contributed by atoms with Crippen molar-refractivity contribution in [2.45, 2.75) is 58.2 Å². The van der Waals surface area contributed by atoms with E-state index in [-0.39, 0.29) is 5.54 Å². The lowest BCUT2D eigenvalue weighted by molar-refractivity contribution is 0.0506. The molecule has 2 heteroatoms. The second-order valence-electron chi connectivity index (χ2n) is 5.35. The first-order valence-electron chi connectivity index (χ1n) is 4.71. The molecular weight excluding hydrogens is 150 g/mol. The van der Waals surface area contributed by atoms with E-state index in [4.69, 9.17) is 0 Å². The van der Waals surface area contributed by atoms with E-state index in [1.807, 2.05) is 6.92 Å². The lowest BCUT2D eigenvalue weighted by Gasteiger charge is -2.35. The van der Waals surface area contributed by atoms with Crippen molar-refractivity contribution in [3.05, 3.63) is 0 Å². The highest BCUT2D eigenvalue weighted by Gasteiger charge is 2.41. The van der Waals surface area contributed by atoms with Crippen molar-refractivity contribution in [2.24, 2.45) is 0 Å². The van der Waals surface area contributed by atoms with Crippen LogP contribution < -0.4 is 0 Å². The summed E-state index contributed by atoms with van der Waals surface area (Å²) in [4.78, 5) is 2.37. The van der Waals surface area contributed by atoms with E-state index >= 15 is 0 Å². The highest BCUT2D eigenvalue weighted by atomic mass is 16.3. The van der Waals surface area contributed by atoms with Crippen molar-refractivity contribution in [1.29, 1.82) is 0 Å². The van der Waals surface area contributed by atoms with Gasteiger partial charge in [-0.05, 0) is 41.0 Å². The third-order valence-corrected chi connectivity index (χ3v) is 2.64. The SMILES string of the molecule is C[C@H]1CC(C)(O)CN1C(C)(C)C. The topological polar surface area (TPSA) is 23.5 Å². The molecule has 0 bridgehead atoms. The Labute approximate surface area is 75.6 Å². The first-order valence-corrected chi connectivity index (χ1v) is 4.71. The maximum absolute atomic E-state index is 9.86. The average Bonchev–Trinajstić information content (AvgIpc) is 2.03. The lowest BCUT2D eigenvalue weighted by atomic mass is 10.0. The molecule has 1 aliphatic heterocycles.